The summed E-state index contributed by atoms with van der Waals surface area (Å²) in [4.78, 5) is 16.6. The molecule has 0 aliphatic carbocycles. The van der Waals surface area contributed by atoms with Crippen molar-refractivity contribution in [3.05, 3.63) is 51.7 Å². The topological polar surface area (TPSA) is 32.3 Å². The van der Waals surface area contributed by atoms with Gasteiger partial charge >= 0.3 is 0 Å². The van der Waals surface area contributed by atoms with E-state index in [1.54, 1.807) is 11.3 Å². The highest BCUT2D eigenvalue weighted by molar-refractivity contribution is 7.10. The highest BCUT2D eigenvalue weighted by Crippen LogP contribution is 2.35. The molecule has 1 aliphatic heterocycles. The van der Waals surface area contributed by atoms with Crippen LogP contribution in [0.1, 0.15) is 74.4 Å². The van der Waals surface area contributed by atoms with Crippen LogP contribution in [-0.4, -0.2) is 23.9 Å². The lowest BCUT2D eigenvalue weighted by Gasteiger charge is -2.25. The molecule has 140 valence electrons. The number of benzene rings is 1. The van der Waals surface area contributed by atoms with Crippen molar-refractivity contribution < 1.29 is 4.79 Å². The Hall–Kier alpha value is -1.65. The van der Waals surface area contributed by atoms with Crippen LogP contribution in [0.15, 0.2) is 35.7 Å². The van der Waals surface area contributed by atoms with Crippen molar-refractivity contribution in [1.29, 1.82) is 0 Å². The minimum Gasteiger partial charge on any atom is -0.324 e. The highest BCUT2D eigenvalue weighted by atomic mass is 32.1. The van der Waals surface area contributed by atoms with Gasteiger partial charge in [-0.25, -0.2) is 0 Å². The maximum atomic E-state index is 12.9. The van der Waals surface area contributed by atoms with Gasteiger partial charge in [-0.3, -0.25) is 9.69 Å². The third kappa shape index (κ3) is 4.18. The lowest BCUT2D eigenvalue weighted by molar-refractivity contribution is -0.117. The normalized spacial score (nSPS) is 18.0. The number of thiophene rings is 1. The van der Waals surface area contributed by atoms with Crippen LogP contribution in [0, 0.1) is 0 Å². The van der Waals surface area contributed by atoms with Crippen molar-refractivity contribution in [3.8, 4) is 0 Å². The van der Waals surface area contributed by atoms with E-state index in [0.717, 1.165) is 25.1 Å². The van der Waals surface area contributed by atoms with Crippen LogP contribution in [0.5, 0.6) is 0 Å². The van der Waals surface area contributed by atoms with E-state index < -0.39 is 0 Å². The molecule has 3 nitrogen and oxygen atoms in total. The zero-order chi connectivity index (χ0) is 18.7. The smallest absolute Gasteiger partial charge is 0.238 e. The Morgan fingerprint density at radius 2 is 1.85 bits per heavy atom. The van der Waals surface area contributed by atoms with Gasteiger partial charge in [-0.2, -0.15) is 0 Å². The Morgan fingerprint density at radius 3 is 2.42 bits per heavy atom. The number of carbonyl (C=O) groups is 1. The minimum absolute atomic E-state index is 0.100. The number of nitrogens with one attached hydrogen (secondary N) is 1. The summed E-state index contributed by atoms with van der Waals surface area (Å²) in [7, 11) is 0. The molecule has 1 aromatic carbocycles. The maximum absolute atomic E-state index is 12.9. The first kappa shape index (κ1) is 19.1. The first-order valence-electron chi connectivity index (χ1n) is 9.67. The molecule has 0 saturated carbocycles. The summed E-state index contributed by atoms with van der Waals surface area (Å²) in [6.07, 6.45) is 2.31. The van der Waals surface area contributed by atoms with Gasteiger partial charge in [-0.15, -0.1) is 11.3 Å². The molecule has 2 aromatic rings. The SMILES string of the molecule is CC(C)c1cccc(C(C)C)c1NC(=O)CN1CCC[C@@H]1c1cccs1. The van der Waals surface area contributed by atoms with Crippen LogP contribution in [0.25, 0.3) is 0 Å². The van der Waals surface area contributed by atoms with Crippen molar-refractivity contribution in [2.24, 2.45) is 0 Å². The van der Waals surface area contributed by atoms with Crippen molar-refractivity contribution in [2.45, 2.75) is 58.4 Å². The van der Waals surface area contributed by atoms with Crippen LogP contribution in [-0.2, 0) is 4.79 Å². The first-order valence-corrected chi connectivity index (χ1v) is 10.6. The summed E-state index contributed by atoms with van der Waals surface area (Å²) >= 11 is 1.79. The van der Waals surface area contributed by atoms with Crippen molar-refractivity contribution >= 4 is 22.9 Å². The van der Waals surface area contributed by atoms with Gasteiger partial charge in [0, 0.05) is 16.6 Å². The van der Waals surface area contributed by atoms with Crippen LogP contribution < -0.4 is 5.32 Å². The van der Waals surface area contributed by atoms with Gasteiger partial charge in [-0.1, -0.05) is 52.0 Å². The molecule has 1 aliphatic rings. The van der Waals surface area contributed by atoms with E-state index in [1.807, 2.05) is 0 Å². The molecule has 0 bridgehead atoms. The molecule has 2 heterocycles. The quantitative estimate of drug-likeness (QED) is 0.700. The monoisotopic (exact) mass is 370 g/mol. The summed E-state index contributed by atoms with van der Waals surface area (Å²) in [5.41, 5.74) is 3.47. The molecule has 1 N–H and O–H groups in total. The average molecular weight is 371 g/mol. The second-order valence-corrected chi connectivity index (χ2v) is 8.79. The largest absolute Gasteiger partial charge is 0.324 e. The van der Waals surface area contributed by atoms with Gasteiger partial charge in [0.2, 0.25) is 5.91 Å². The Balaban J connectivity index is 1.76. The molecule has 1 atom stereocenters. The molecule has 1 saturated heterocycles. The molecule has 0 radical (unpaired) electrons. The lowest BCUT2D eigenvalue weighted by Crippen LogP contribution is -2.33. The van der Waals surface area contributed by atoms with E-state index in [1.165, 1.54) is 16.0 Å². The number of hydrogen-bond acceptors (Lipinski definition) is 3. The zero-order valence-corrected chi connectivity index (χ0v) is 17.1. The molecule has 0 unspecified atom stereocenters. The molecule has 3 rings (SSSR count). The van der Waals surface area contributed by atoms with E-state index in [2.05, 4.69) is 73.6 Å². The van der Waals surface area contributed by atoms with Crippen LogP contribution in [0.3, 0.4) is 0 Å². The fourth-order valence-corrected chi connectivity index (χ4v) is 4.77. The van der Waals surface area contributed by atoms with Gasteiger partial charge < -0.3 is 5.32 Å². The number of anilines is 1. The van der Waals surface area contributed by atoms with Crippen LogP contribution >= 0.6 is 11.3 Å². The highest BCUT2D eigenvalue weighted by Gasteiger charge is 2.28. The molecule has 0 spiro atoms. The second kappa shape index (κ2) is 8.36. The third-order valence-electron chi connectivity index (χ3n) is 5.22. The standard InChI is InChI=1S/C22H30N2OS/c1-15(2)17-8-5-9-18(16(3)4)22(17)23-21(25)14-24-12-6-10-19(24)20-11-7-13-26-20/h5,7-9,11,13,15-16,19H,6,10,12,14H2,1-4H3,(H,23,25)/t19-/m1/s1. The van der Waals surface area contributed by atoms with Gasteiger partial charge in [0.1, 0.15) is 0 Å². The predicted octanol–water partition coefficient (Wildman–Crippen LogP) is 5.77. The zero-order valence-electron chi connectivity index (χ0n) is 16.3. The second-order valence-electron chi connectivity index (χ2n) is 7.81. The molecule has 4 heteroatoms. The van der Waals surface area contributed by atoms with Gasteiger partial charge in [0.25, 0.3) is 0 Å². The average Bonchev–Trinajstić information content (AvgIpc) is 3.25. The van der Waals surface area contributed by atoms with Gasteiger partial charge in [0.05, 0.1) is 6.54 Å². The number of nitrogens with zero attached hydrogens (tertiary/aromatic N) is 1. The van der Waals surface area contributed by atoms with E-state index in [0.29, 0.717) is 24.4 Å². The molecule has 26 heavy (non-hydrogen) atoms. The molecule has 1 aromatic heterocycles. The maximum Gasteiger partial charge on any atom is 0.238 e. The number of amides is 1. The fourth-order valence-electron chi connectivity index (χ4n) is 3.88. The summed E-state index contributed by atoms with van der Waals surface area (Å²) < 4.78 is 0. The number of likely N-dealkylation sites (tertiary alicyclic amines) is 1. The number of hydrogen-bond donors (Lipinski definition) is 1. The lowest BCUT2D eigenvalue weighted by atomic mass is 9.92. The van der Waals surface area contributed by atoms with Gasteiger partial charge in [-0.05, 0) is 53.8 Å². The van der Waals surface area contributed by atoms with Crippen molar-refractivity contribution in [1.82, 2.24) is 4.90 Å². The van der Waals surface area contributed by atoms with Crippen molar-refractivity contribution in [2.75, 3.05) is 18.4 Å². The number of carbonyl (C=O) groups excluding carboxylic acids is 1. The van der Waals surface area contributed by atoms with Crippen LogP contribution in [0.4, 0.5) is 5.69 Å². The third-order valence-corrected chi connectivity index (χ3v) is 6.19. The molecular formula is C22H30N2OS. The summed E-state index contributed by atoms with van der Waals surface area (Å²) in [6, 6.07) is 11.1. The van der Waals surface area contributed by atoms with E-state index in [4.69, 9.17) is 0 Å². The predicted molar refractivity (Wildman–Crippen MR) is 111 cm³/mol. The Labute approximate surface area is 161 Å². The van der Waals surface area contributed by atoms with Crippen LogP contribution in [0.2, 0.25) is 0 Å². The minimum atomic E-state index is 0.100. The molecule has 1 fully saturated rings. The number of rotatable bonds is 6. The Bertz CT molecular complexity index is 710. The molecular weight excluding hydrogens is 340 g/mol. The van der Waals surface area contributed by atoms with E-state index >= 15 is 0 Å². The first-order chi connectivity index (χ1) is 12.5. The molecule has 1 amide bonds. The Kier molecular flexibility index (Phi) is 6.15. The van der Waals surface area contributed by atoms with Gasteiger partial charge in [0.15, 0.2) is 0 Å². The fraction of sp³-hybridized carbons (Fsp3) is 0.500. The Morgan fingerprint density at radius 1 is 1.15 bits per heavy atom. The van der Waals surface area contributed by atoms with E-state index in [-0.39, 0.29) is 5.91 Å². The van der Waals surface area contributed by atoms with Crippen molar-refractivity contribution in [3.63, 3.8) is 0 Å². The van der Waals surface area contributed by atoms with E-state index in [9.17, 15) is 4.79 Å². The summed E-state index contributed by atoms with van der Waals surface area (Å²) in [5, 5.41) is 5.38. The summed E-state index contributed by atoms with van der Waals surface area (Å²) in [6.45, 7) is 10.2. The number of para-hydroxylation sites is 1. The summed E-state index contributed by atoms with van der Waals surface area (Å²) in [5.74, 6) is 0.868.